The van der Waals surface area contributed by atoms with Crippen LogP contribution in [0, 0.1) is 6.92 Å². The lowest BCUT2D eigenvalue weighted by molar-refractivity contribution is 0.0963. The van der Waals surface area contributed by atoms with Gasteiger partial charge in [0.2, 0.25) is 0 Å². The van der Waals surface area contributed by atoms with Gasteiger partial charge in [0.25, 0.3) is 0 Å². The van der Waals surface area contributed by atoms with Crippen molar-refractivity contribution in [3.05, 3.63) is 82.1 Å². The molecule has 3 nitrogen and oxygen atoms in total. The first-order chi connectivity index (χ1) is 11.6. The number of carbonyl (C=O) groups excluding carboxylic acids is 1. The third-order valence-corrected chi connectivity index (χ3v) is 4.87. The second kappa shape index (κ2) is 5.91. The normalized spacial score (nSPS) is 16.9. The molecular weight excluding hydrogens is 320 g/mol. The number of hydrogen-bond donors (Lipinski definition) is 0. The summed E-state index contributed by atoms with van der Waals surface area (Å²) in [6.07, 6.45) is 2.99. The van der Waals surface area contributed by atoms with E-state index in [1.807, 2.05) is 41.1 Å². The minimum atomic E-state index is 0.143. The number of nitrogens with zero attached hydrogens (tertiary/aromatic N) is 2. The zero-order valence-electron chi connectivity index (χ0n) is 13.4. The quantitative estimate of drug-likeness (QED) is 0.677. The largest absolute Gasteiger partial charge is 0.294 e. The van der Waals surface area contributed by atoms with Gasteiger partial charge in [0.15, 0.2) is 5.78 Å². The number of benzene rings is 2. The van der Waals surface area contributed by atoms with Crippen LogP contribution in [0.3, 0.4) is 0 Å². The Morgan fingerprint density at radius 1 is 1.12 bits per heavy atom. The Balaban J connectivity index is 1.75. The molecule has 0 spiro atoms. The summed E-state index contributed by atoms with van der Waals surface area (Å²) in [5.74, 6) is 0.296. The molecule has 24 heavy (non-hydrogen) atoms. The van der Waals surface area contributed by atoms with E-state index in [-0.39, 0.29) is 11.7 Å². The van der Waals surface area contributed by atoms with Crippen LogP contribution in [0.1, 0.15) is 39.5 Å². The molecule has 1 aliphatic carbocycles. The Bertz CT molecular complexity index is 912. The minimum Gasteiger partial charge on any atom is -0.294 e. The highest BCUT2D eigenvalue weighted by atomic mass is 35.5. The molecule has 4 rings (SSSR count). The number of carbonyl (C=O) groups is 1. The monoisotopic (exact) mass is 336 g/mol. The van der Waals surface area contributed by atoms with Gasteiger partial charge in [-0.1, -0.05) is 41.4 Å². The van der Waals surface area contributed by atoms with Gasteiger partial charge in [-0.15, -0.1) is 0 Å². The predicted octanol–water partition coefficient (Wildman–Crippen LogP) is 4.75. The maximum Gasteiger partial charge on any atom is 0.166 e. The standard InChI is InChI=1S/C20H17ClN2O/c1-13-5-7-17(8-6-13)23-19-10-15(11-20(24)18(19)12-22-23)14-3-2-4-16(21)9-14/h2-9,12,15H,10-11H2,1H3/t15-/m0/s1. The van der Waals surface area contributed by atoms with Crippen molar-refractivity contribution in [1.29, 1.82) is 0 Å². The van der Waals surface area contributed by atoms with E-state index in [9.17, 15) is 4.79 Å². The molecule has 1 atom stereocenters. The highest BCUT2D eigenvalue weighted by Crippen LogP contribution is 2.34. The van der Waals surface area contributed by atoms with Crippen LogP contribution < -0.4 is 0 Å². The van der Waals surface area contributed by atoms with Crippen LogP contribution >= 0.6 is 11.6 Å². The molecule has 0 saturated carbocycles. The number of fused-ring (bicyclic) bond motifs is 1. The molecule has 0 aliphatic heterocycles. The number of Topliss-reactive ketones (excluding diaryl/α,β-unsaturated/α-hetero) is 1. The van der Waals surface area contributed by atoms with Crippen LogP contribution in [0.5, 0.6) is 0 Å². The molecule has 0 N–H and O–H groups in total. The van der Waals surface area contributed by atoms with E-state index >= 15 is 0 Å². The van der Waals surface area contributed by atoms with Crippen LogP contribution in [0.15, 0.2) is 54.7 Å². The van der Waals surface area contributed by atoms with E-state index in [4.69, 9.17) is 11.6 Å². The summed E-state index contributed by atoms with van der Waals surface area (Å²) < 4.78 is 1.89. The molecule has 3 aromatic rings. The molecule has 1 aliphatic rings. The Kier molecular flexibility index (Phi) is 3.73. The predicted molar refractivity (Wildman–Crippen MR) is 95.1 cm³/mol. The molecule has 1 heterocycles. The van der Waals surface area contributed by atoms with E-state index in [0.717, 1.165) is 28.9 Å². The molecule has 0 unspecified atom stereocenters. The van der Waals surface area contributed by atoms with Crippen molar-refractivity contribution in [1.82, 2.24) is 9.78 Å². The molecule has 0 fully saturated rings. The Morgan fingerprint density at radius 2 is 1.92 bits per heavy atom. The first kappa shape index (κ1) is 15.2. The van der Waals surface area contributed by atoms with Crippen molar-refractivity contribution >= 4 is 17.4 Å². The van der Waals surface area contributed by atoms with Crippen molar-refractivity contribution < 1.29 is 4.79 Å². The highest BCUT2D eigenvalue weighted by Gasteiger charge is 2.30. The van der Waals surface area contributed by atoms with E-state index in [1.54, 1.807) is 6.20 Å². The number of halogens is 1. The van der Waals surface area contributed by atoms with E-state index in [2.05, 4.69) is 24.2 Å². The summed E-state index contributed by atoms with van der Waals surface area (Å²) in [6.45, 7) is 2.06. The van der Waals surface area contributed by atoms with Gasteiger partial charge in [-0.25, -0.2) is 4.68 Å². The third kappa shape index (κ3) is 2.65. The van der Waals surface area contributed by atoms with E-state index in [0.29, 0.717) is 11.4 Å². The Morgan fingerprint density at radius 3 is 2.67 bits per heavy atom. The fraction of sp³-hybridized carbons (Fsp3) is 0.200. The van der Waals surface area contributed by atoms with Crippen molar-refractivity contribution in [3.8, 4) is 5.69 Å². The van der Waals surface area contributed by atoms with Crippen LogP contribution in [-0.4, -0.2) is 15.6 Å². The molecule has 0 bridgehead atoms. The summed E-state index contributed by atoms with van der Waals surface area (Å²) in [4.78, 5) is 12.6. The van der Waals surface area contributed by atoms with Gasteiger partial charge in [0.05, 0.1) is 23.1 Å². The lowest BCUT2D eigenvalue weighted by Crippen LogP contribution is -2.20. The summed E-state index contributed by atoms with van der Waals surface area (Å²) in [7, 11) is 0. The van der Waals surface area contributed by atoms with Crippen molar-refractivity contribution in [2.45, 2.75) is 25.7 Å². The summed E-state index contributed by atoms with van der Waals surface area (Å²) >= 11 is 6.12. The molecule has 1 aromatic heterocycles. The first-order valence-corrected chi connectivity index (χ1v) is 8.42. The third-order valence-electron chi connectivity index (χ3n) is 4.64. The molecule has 0 radical (unpaired) electrons. The molecule has 2 aromatic carbocycles. The number of ketones is 1. The lowest BCUT2D eigenvalue weighted by Gasteiger charge is -2.23. The van der Waals surface area contributed by atoms with Crippen molar-refractivity contribution in [2.24, 2.45) is 0 Å². The van der Waals surface area contributed by atoms with Crippen LogP contribution in [0.4, 0.5) is 0 Å². The Labute approximate surface area is 145 Å². The fourth-order valence-corrected chi connectivity index (χ4v) is 3.55. The summed E-state index contributed by atoms with van der Waals surface area (Å²) in [5, 5.41) is 5.17. The first-order valence-electron chi connectivity index (χ1n) is 8.04. The zero-order chi connectivity index (χ0) is 16.7. The zero-order valence-corrected chi connectivity index (χ0v) is 14.1. The number of aryl methyl sites for hydroxylation is 1. The lowest BCUT2D eigenvalue weighted by atomic mass is 9.82. The van der Waals surface area contributed by atoms with E-state index in [1.165, 1.54) is 5.56 Å². The number of hydrogen-bond acceptors (Lipinski definition) is 2. The average molecular weight is 337 g/mol. The van der Waals surface area contributed by atoms with Gasteiger partial charge in [0, 0.05) is 11.4 Å². The molecule has 0 saturated heterocycles. The number of rotatable bonds is 2. The van der Waals surface area contributed by atoms with Crippen LogP contribution in [0.2, 0.25) is 5.02 Å². The SMILES string of the molecule is Cc1ccc(-n2ncc3c2C[C@H](c2cccc(Cl)c2)CC3=O)cc1. The second-order valence-corrected chi connectivity index (χ2v) is 6.77. The van der Waals surface area contributed by atoms with Crippen LogP contribution in [-0.2, 0) is 6.42 Å². The summed E-state index contributed by atoms with van der Waals surface area (Å²) in [5.41, 5.74) is 5.03. The smallest absolute Gasteiger partial charge is 0.166 e. The van der Waals surface area contributed by atoms with Gasteiger partial charge in [-0.05, 0) is 49.1 Å². The van der Waals surface area contributed by atoms with Crippen molar-refractivity contribution in [2.75, 3.05) is 0 Å². The topological polar surface area (TPSA) is 34.9 Å². The van der Waals surface area contributed by atoms with Crippen molar-refractivity contribution in [3.63, 3.8) is 0 Å². The fourth-order valence-electron chi connectivity index (χ4n) is 3.35. The van der Waals surface area contributed by atoms with Gasteiger partial charge in [0.1, 0.15) is 0 Å². The average Bonchev–Trinajstić information content (AvgIpc) is 3.00. The van der Waals surface area contributed by atoms with Gasteiger partial charge in [-0.3, -0.25) is 4.79 Å². The van der Waals surface area contributed by atoms with Gasteiger partial charge < -0.3 is 0 Å². The molecule has 4 heteroatoms. The number of aromatic nitrogens is 2. The van der Waals surface area contributed by atoms with Gasteiger partial charge in [-0.2, -0.15) is 5.10 Å². The maximum atomic E-state index is 12.6. The second-order valence-electron chi connectivity index (χ2n) is 6.34. The maximum absolute atomic E-state index is 12.6. The molecule has 0 amide bonds. The summed E-state index contributed by atoms with van der Waals surface area (Å²) in [6, 6.07) is 16.0. The molecular formula is C20H17ClN2O. The molecule has 120 valence electrons. The Hall–Kier alpha value is -2.39. The highest BCUT2D eigenvalue weighted by molar-refractivity contribution is 6.30. The van der Waals surface area contributed by atoms with Gasteiger partial charge >= 0.3 is 0 Å². The van der Waals surface area contributed by atoms with E-state index < -0.39 is 0 Å². The van der Waals surface area contributed by atoms with Crippen LogP contribution in [0.25, 0.3) is 5.69 Å². The minimum absolute atomic E-state index is 0.143.